The van der Waals surface area contributed by atoms with Crippen LogP contribution in [0.1, 0.15) is 0 Å². The highest BCUT2D eigenvalue weighted by atomic mass is 79.9. The Morgan fingerprint density at radius 1 is 1.00 bits per heavy atom. The molecule has 0 aliphatic heterocycles. The first kappa shape index (κ1) is 7.63. The standard InChI is InChI=1S/C4HBr3N2/c5-2-3(6)8-1-9-4(2)7/h1H. The van der Waals surface area contributed by atoms with E-state index in [-0.39, 0.29) is 0 Å². The van der Waals surface area contributed by atoms with E-state index in [1.54, 1.807) is 0 Å². The van der Waals surface area contributed by atoms with Gasteiger partial charge >= 0.3 is 0 Å². The van der Waals surface area contributed by atoms with Gasteiger partial charge in [-0.05, 0) is 47.8 Å². The van der Waals surface area contributed by atoms with Crippen molar-refractivity contribution in [2.45, 2.75) is 0 Å². The third-order valence-corrected chi connectivity index (χ3v) is 3.72. The van der Waals surface area contributed by atoms with E-state index in [9.17, 15) is 0 Å². The van der Waals surface area contributed by atoms with Gasteiger partial charge in [-0.1, -0.05) is 0 Å². The maximum atomic E-state index is 3.87. The topological polar surface area (TPSA) is 25.8 Å². The van der Waals surface area contributed by atoms with Crippen LogP contribution in [0.25, 0.3) is 0 Å². The lowest BCUT2D eigenvalue weighted by Crippen LogP contribution is -1.81. The number of rotatable bonds is 0. The minimum absolute atomic E-state index is 0.754. The Kier molecular flexibility index (Phi) is 2.60. The van der Waals surface area contributed by atoms with E-state index >= 15 is 0 Å². The van der Waals surface area contributed by atoms with Crippen LogP contribution in [-0.4, -0.2) is 9.97 Å². The molecule has 0 aliphatic carbocycles. The normalized spacial score (nSPS) is 9.67. The van der Waals surface area contributed by atoms with Crippen LogP contribution in [0.15, 0.2) is 20.0 Å². The maximum absolute atomic E-state index is 3.87. The van der Waals surface area contributed by atoms with Gasteiger partial charge < -0.3 is 0 Å². The lowest BCUT2D eigenvalue weighted by atomic mass is 10.7. The van der Waals surface area contributed by atoms with Crippen molar-refractivity contribution in [3.05, 3.63) is 20.0 Å². The molecular formula is C4HBr3N2. The van der Waals surface area contributed by atoms with E-state index in [0.29, 0.717) is 0 Å². The maximum Gasteiger partial charge on any atom is 0.124 e. The van der Waals surface area contributed by atoms with Crippen LogP contribution in [0.5, 0.6) is 0 Å². The molecule has 0 saturated carbocycles. The summed E-state index contributed by atoms with van der Waals surface area (Å²) in [5, 5.41) is 0. The van der Waals surface area contributed by atoms with Crippen molar-refractivity contribution in [2.24, 2.45) is 0 Å². The number of hydrogen-bond donors (Lipinski definition) is 0. The van der Waals surface area contributed by atoms with Crippen LogP contribution in [0.3, 0.4) is 0 Å². The highest BCUT2D eigenvalue weighted by Crippen LogP contribution is 2.25. The largest absolute Gasteiger partial charge is 0.228 e. The second-order valence-corrected chi connectivity index (χ2v) is 3.56. The van der Waals surface area contributed by atoms with Crippen molar-refractivity contribution in [3.8, 4) is 0 Å². The molecular weight excluding hydrogens is 316 g/mol. The molecule has 0 fully saturated rings. The van der Waals surface area contributed by atoms with Crippen molar-refractivity contribution in [3.63, 3.8) is 0 Å². The molecule has 2 nitrogen and oxygen atoms in total. The molecule has 0 amide bonds. The molecule has 0 aliphatic rings. The Labute approximate surface area is 77.5 Å². The SMILES string of the molecule is Brc1ncnc(Br)c1Br. The fraction of sp³-hybridized carbons (Fsp3) is 0. The lowest BCUT2D eigenvalue weighted by Gasteiger charge is -1.93. The van der Waals surface area contributed by atoms with Crippen molar-refractivity contribution in [1.29, 1.82) is 0 Å². The van der Waals surface area contributed by atoms with E-state index in [1.165, 1.54) is 6.33 Å². The van der Waals surface area contributed by atoms with Gasteiger partial charge in [-0.2, -0.15) is 0 Å². The summed E-state index contributed by atoms with van der Waals surface area (Å²) < 4.78 is 2.35. The van der Waals surface area contributed by atoms with E-state index < -0.39 is 0 Å². The van der Waals surface area contributed by atoms with E-state index in [2.05, 4.69) is 57.8 Å². The van der Waals surface area contributed by atoms with Crippen LogP contribution < -0.4 is 0 Å². The fourth-order valence-corrected chi connectivity index (χ4v) is 1.36. The molecule has 1 aromatic rings. The zero-order valence-corrected chi connectivity index (χ0v) is 8.86. The van der Waals surface area contributed by atoms with Gasteiger partial charge in [0.15, 0.2) is 0 Å². The van der Waals surface area contributed by atoms with Gasteiger partial charge in [0.2, 0.25) is 0 Å². The molecule has 0 unspecified atom stereocenters. The third kappa shape index (κ3) is 1.72. The van der Waals surface area contributed by atoms with Crippen LogP contribution >= 0.6 is 47.8 Å². The van der Waals surface area contributed by atoms with Crippen molar-refractivity contribution >= 4 is 47.8 Å². The van der Waals surface area contributed by atoms with E-state index in [0.717, 1.165) is 13.7 Å². The van der Waals surface area contributed by atoms with Gasteiger partial charge in [-0.15, -0.1) is 0 Å². The Hall–Kier alpha value is 0.520. The monoisotopic (exact) mass is 314 g/mol. The molecule has 0 spiro atoms. The average Bonchev–Trinajstić information content (AvgIpc) is 1.83. The first-order chi connectivity index (χ1) is 4.22. The van der Waals surface area contributed by atoms with Crippen LogP contribution in [0, 0.1) is 0 Å². The molecule has 1 heterocycles. The first-order valence-electron chi connectivity index (χ1n) is 2.03. The first-order valence-corrected chi connectivity index (χ1v) is 4.41. The molecule has 0 N–H and O–H groups in total. The molecule has 48 valence electrons. The Balaban J connectivity index is 3.25. The Morgan fingerprint density at radius 2 is 1.44 bits per heavy atom. The average molecular weight is 317 g/mol. The quantitative estimate of drug-likeness (QED) is 0.688. The highest BCUT2D eigenvalue weighted by Gasteiger charge is 2.00. The second kappa shape index (κ2) is 3.07. The molecule has 0 bridgehead atoms. The number of nitrogens with zero attached hydrogens (tertiary/aromatic N) is 2. The molecule has 5 heteroatoms. The van der Waals surface area contributed by atoms with Gasteiger partial charge in [-0.3, -0.25) is 0 Å². The predicted molar refractivity (Wildman–Crippen MR) is 45.1 cm³/mol. The van der Waals surface area contributed by atoms with Gasteiger partial charge in [0.05, 0.1) is 4.47 Å². The molecule has 0 atom stereocenters. The molecule has 0 saturated heterocycles. The summed E-state index contributed by atoms with van der Waals surface area (Å²) in [6.07, 6.45) is 1.47. The van der Waals surface area contributed by atoms with Crippen molar-refractivity contribution in [2.75, 3.05) is 0 Å². The third-order valence-electron chi connectivity index (χ3n) is 0.704. The zero-order valence-electron chi connectivity index (χ0n) is 4.11. The van der Waals surface area contributed by atoms with Crippen LogP contribution in [0.2, 0.25) is 0 Å². The minimum atomic E-state index is 0.754. The summed E-state index contributed by atoms with van der Waals surface area (Å²) in [6.45, 7) is 0. The summed E-state index contributed by atoms with van der Waals surface area (Å²) in [7, 11) is 0. The van der Waals surface area contributed by atoms with Crippen molar-refractivity contribution in [1.82, 2.24) is 9.97 Å². The van der Waals surface area contributed by atoms with Crippen LogP contribution in [-0.2, 0) is 0 Å². The molecule has 9 heavy (non-hydrogen) atoms. The summed E-state index contributed by atoms with van der Waals surface area (Å²) in [6, 6.07) is 0. The zero-order chi connectivity index (χ0) is 6.85. The van der Waals surface area contributed by atoms with E-state index in [1.807, 2.05) is 0 Å². The van der Waals surface area contributed by atoms with E-state index in [4.69, 9.17) is 0 Å². The summed E-state index contributed by atoms with van der Waals surface area (Å²) in [5.74, 6) is 0. The molecule has 1 aromatic heterocycles. The minimum Gasteiger partial charge on any atom is -0.228 e. The highest BCUT2D eigenvalue weighted by molar-refractivity contribution is 9.14. The Bertz CT molecular complexity index is 205. The van der Waals surface area contributed by atoms with Gasteiger partial charge in [0.25, 0.3) is 0 Å². The molecule has 1 rings (SSSR count). The second-order valence-electron chi connectivity index (χ2n) is 1.27. The fourth-order valence-electron chi connectivity index (χ4n) is 0.329. The van der Waals surface area contributed by atoms with Crippen LogP contribution in [0.4, 0.5) is 0 Å². The van der Waals surface area contributed by atoms with Gasteiger partial charge in [0, 0.05) is 0 Å². The number of halogens is 3. The lowest BCUT2D eigenvalue weighted by molar-refractivity contribution is 1.09. The smallest absolute Gasteiger partial charge is 0.124 e. The predicted octanol–water partition coefficient (Wildman–Crippen LogP) is 2.76. The summed E-state index contributed by atoms with van der Waals surface area (Å²) in [5.41, 5.74) is 0. The Morgan fingerprint density at radius 3 is 1.78 bits per heavy atom. The number of aromatic nitrogens is 2. The van der Waals surface area contributed by atoms with Crippen molar-refractivity contribution < 1.29 is 0 Å². The summed E-state index contributed by atoms with van der Waals surface area (Å²) >= 11 is 9.70. The molecule has 0 radical (unpaired) electrons. The summed E-state index contributed by atoms with van der Waals surface area (Å²) in [4.78, 5) is 7.74. The van der Waals surface area contributed by atoms with Gasteiger partial charge in [-0.25, -0.2) is 9.97 Å². The molecule has 0 aromatic carbocycles. The van der Waals surface area contributed by atoms with Gasteiger partial charge in [0.1, 0.15) is 15.5 Å². The number of hydrogen-bond acceptors (Lipinski definition) is 2.